The van der Waals surface area contributed by atoms with Gasteiger partial charge in [-0.1, -0.05) is 36.4 Å². The summed E-state index contributed by atoms with van der Waals surface area (Å²) in [5.41, 5.74) is 4.33. The maximum Gasteiger partial charge on any atom is 0.268 e. The first-order valence-corrected chi connectivity index (χ1v) is 11.2. The highest BCUT2D eigenvalue weighted by atomic mass is 32.1. The smallest absolute Gasteiger partial charge is 0.268 e. The van der Waals surface area contributed by atoms with E-state index in [9.17, 15) is 4.79 Å². The third-order valence-corrected chi connectivity index (χ3v) is 6.57. The minimum atomic E-state index is -0.0229. The first-order valence-electron chi connectivity index (χ1n) is 10.3. The highest BCUT2D eigenvalue weighted by Crippen LogP contribution is 2.30. The van der Waals surface area contributed by atoms with Crippen LogP contribution in [0.2, 0.25) is 0 Å². The number of nitrogens with zero attached hydrogens (tertiary/aromatic N) is 3. The van der Waals surface area contributed by atoms with Gasteiger partial charge in [-0.25, -0.2) is 0 Å². The van der Waals surface area contributed by atoms with E-state index < -0.39 is 0 Å². The van der Waals surface area contributed by atoms with Crippen LogP contribution >= 0.6 is 11.3 Å². The molecule has 1 aliphatic rings. The van der Waals surface area contributed by atoms with E-state index in [1.807, 2.05) is 41.2 Å². The number of carbonyl (C=O) groups is 1. The van der Waals surface area contributed by atoms with Crippen LogP contribution in [0.25, 0.3) is 0 Å². The summed E-state index contributed by atoms with van der Waals surface area (Å²) in [6.45, 7) is 1.48. The zero-order chi connectivity index (χ0) is 20.3. The van der Waals surface area contributed by atoms with Crippen molar-refractivity contribution in [1.29, 1.82) is 0 Å². The van der Waals surface area contributed by atoms with Crippen molar-refractivity contribution >= 4 is 17.2 Å². The second-order valence-corrected chi connectivity index (χ2v) is 8.74. The zero-order valence-corrected chi connectivity index (χ0v) is 17.5. The number of nitrogens with one attached hydrogen (secondary N) is 1. The van der Waals surface area contributed by atoms with Crippen LogP contribution < -0.4 is 5.32 Å². The summed E-state index contributed by atoms with van der Waals surface area (Å²) in [7, 11) is 0. The number of rotatable bonds is 6. The third kappa shape index (κ3) is 3.83. The molecule has 0 fully saturated rings. The van der Waals surface area contributed by atoms with E-state index in [0.717, 1.165) is 37.9 Å². The molecule has 1 N–H and O–H groups in total. The highest BCUT2D eigenvalue weighted by Gasteiger charge is 2.26. The number of amides is 1. The van der Waals surface area contributed by atoms with E-state index in [1.54, 1.807) is 11.3 Å². The largest absolute Gasteiger partial charge is 0.344 e. The molecule has 6 heteroatoms. The molecule has 0 radical (unpaired) electrons. The van der Waals surface area contributed by atoms with Crippen molar-refractivity contribution in [1.82, 2.24) is 19.7 Å². The maximum absolute atomic E-state index is 13.1. The molecule has 3 heterocycles. The second kappa shape index (κ2) is 8.32. The average molecular weight is 417 g/mol. The Balaban J connectivity index is 1.33. The molecule has 1 aliphatic carbocycles. The molecule has 0 saturated carbocycles. The van der Waals surface area contributed by atoms with Gasteiger partial charge in [0.1, 0.15) is 5.69 Å². The summed E-state index contributed by atoms with van der Waals surface area (Å²) in [6.07, 6.45) is 6.91. The van der Waals surface area contributed by atoms with Gasteiger partial charge in [-0.05, 0) is 48.4 Å². The van der Waals surface area contributed by atoms with Crippen LogP contribution in [0.3, 0.4) is 0 Å². The molecule has 152 valence electrons. The lowest BCUT2D eigenvalue weighted by Crippen LogP contribution is -2.32. The summed E-state index contributed by atoms with van der Waals surface area (Å²) in [6, 6.07) is 18.4. The monoisotopic (exact) mass is 416 g/mol. The topological polar surface area (TPSA) is 51.9 Å². The van der Waals surface area contributed by atoms with Gasteiger partial charge < -0.3 is 9.88 Å². The number of thiophene rings is 1. The Kier molecular flexibility index (Phi) is 5.24. The molecule has 0 spiro atoms. The van der Waals surface area contributed by atoms with Crippen LogP contribution in [0.5, 0.6) is 0 Å². The van der Waals surface area contributed by atoms with Crippen LogP contribution in [0, 0.1) is 0 Å². The summed E-state index contributed by atoms with van der Waals surface area (Å²) in [5, 5.41) is 9.97. The number of fused-ring (bicyclic) bond motifs is 1. The fraction of sp³-hybridized carbons (Fsp3) is 0.250. The Bertz CT molecular complexity index is 1130. The Labute approximate surface area is 180 Å². The van der Waals surface area contributed by atoms with Crippen LogP contribution in [-0.4, -0.2) is 20.3 Å². The first kappa shape index (κ1) is 18.9. The van der Waals surface area contributed by atoms with Crippen molar-refractivity contribution in [3.63, 3.8) is 0 Å². The number of hydrogen-bond donors (Lipinski definition) is 1. The third-order valence-electron chi connectivity index (χ3n) is 5.71. The molecule has 1 aromatic carbocycles. The Morgan fingerprint density at radius 3 is 2.83 bits per heavy atom. The maximum atomic E-state index is 13.1. The molecular formula is C24H24N4OS. The fourth-order valence-corrected chi connectivity index (χ4v) is 4.92. The van der Waals surface area contributed by atoms with Gasteiger partial charge in [0.25, 0.3) is 5.91 Å². The van der Waals surface area contributed by atoms with Crippen molar-refractivity contribution < 1.29 is 4.79 Å². The predicted molar refractivity (Wildman–Crippen MR) is 119 cm³/mol. The Hall–Kier alpha value is -3.12. The predicted octanol–water partition coefficient (Wildman–Crippen LogP) is 4.65. The van der Waals surface area contributed by atoms with Gasteiger partial charge in [0, 0.05) is 22.3 Å². The van der Waals surface area contributed by atoms with Gasteiger partial charge in [0.2, 0.25) is 0 Å². The summed E-state index contributed by atoms with van der Waals surface area (Å²) in [4.78, 5) is 14.3. The number of benzene rings is 1. The minimum absolute atomic E-state index is 0.0101. The fourth-order valence-electron chi connectivity index (χ4n) is 4.22. The lowest BCUT2D eigenvalue weighted by atomic mass is 9.92. The van der Waals surface area contributed by atoms with Gasteiger partial charge in [0.15, 0.2) is 0 Å². The van der Waals surface area contributed by atoms with Crippen molar-refractivity contribution in [3.8, 4) is 0 Å². The SMILES string of the molecule is O=C(N[C@@H]1CCCc2c1cnn2Cc1ccccc1)c1cccn1Cc1cccs1. The van der Waals surface area contributed by atoms with E-state index in [-0.39, 0.29) is 11.9 Å². The van der Waals surface area contributed by atoms with Crippen molar-refractivity contribution in [2.75, 3.05) is 0 Å². The standard InChI is InChI=1S/C24H24N4OS/c29-24(23-12-5-13-27(23)17-19-9-6-14-30-19)26-21-10-4-11-22-20(21)15-25-28(22)16-18-7-2-1-3-8-18/h1-3,5-9,12-15,21H,4,10-11,16-17H2,(H,26,29)/t21-/m1/s1. The van der Waals surface area contributed by atoms with Gasteiger partial charge in [-0.15, -0.1) is 11.3 Å². The van der Waals surface area contributed by atoms with Crippen molar-refractivity contribution in [3.05, 3.63) is 99.8 Å². The molecule has 0 saturated heterocycles. The lowest BCUT2D eigenvalue weighted by molar-refractivity contribution is 0.0923. The molecule has 4 aromatic rings. The van der Waals surface area contributed by atoms with E-state index in [0.29, 0.717) is 5.69 Å². The molecule has 1 atom stereocenters. The summed E-state index contributed by atoms with van der Waals surface area (Å²) < 4.78 is 4.10. The van der Waals surface area contributed by atoms with Crippen LogP contribution in [0.1, 0.15) is 51.1 Å². The minimum Gasteiger partial charge on any atom is -0.344 e. The molecule has 1 amide bonds. The van der Waals surface area contributed by atoms with Gasteiger partial charge in [0.05, 0.1) is 25.3 Å². The average Bonchev–Trinajstić information content (AvgIpc) is 3.52. The molecule has 5 nitrogen and oxygen atoms in total. The van der Waals surface area contributed by atoms with E-state index >= 15 is 0 Å². The summed E-state index contributed by atoms with van der Waals surface area (Å²) in [5.74, 6) is -0.0229. The summed E-state index contributed by atoms with van der Waals surface area (Å²) >= 11 is 1.71. The van der Waals surface area contributed by atoms with E-state index in [2.05, 4.69) is 50.8 Å². The van der Waals surface area contributed by atoms with Gasteiger partial charge in [-0.2, -0.15) is 5.10 Å². The highest BCUT2D eigenvalue weighted by molar-refractivity contribution is 7.09. The quantitative estimate of drug-likeness (QED) is 0.497. The Morgan fingerprint density at radius 1 is 1.10 bits per heavy atom. The Morgan fingerprint density at radius 2 is 2.00 bits per heavy atom. The van der Waals surface area contributed by atoms with E-state index in [4.69, 9.17) is 0 Å². The normalized spacial score (nSPS) is 15.7. The van der Waals surface area contributed by atoms with Crippen molar-refractivity contribution in [2.24, 2.45) is 0 Å². The van der Waals surface area contributed by atoms with Crippen LogP contribution in [0.15, 0.2) is 72.4 Å². The molecule has 0 unspecified atom stereocenters. The van der Waals surface area contributed by atoms with Crippen LogP contribution in [0.4, 0.5) is 0 Å². The van der Waals surface area contributed by atoms with Crippen LogP contribution in [-0.2, 0) is 19.5 Å². The second-order valence-electron chi connectivity index (χ2n) is 7.71. The molecule has 5 rings (SSSR count). The molecular weight excluding hydrogens is 392 g/mol. The van der Waals surface area contributed by atoms with E-state index in [1.165, 1.54) is 16.1 Å². The van der Waals surface area contributed by atoms with Crippen molar-refractivity contribution in [2.45, 2.75) is 38.4 Å². The number of hydrogen-bond acceptors (Lipinski definition) is 3. The molecule has 0 aliphatic heterocycles. The van der Waals surface area contributed by atoms with Gasteiger partial charge >= 0.3 is 0 Å². The zero-order valence-electron chi connectivity index (χ0n) is 16.7. The molecule has 3 aromatic heterocycles. The van der Waals surface area contributed by atoms with Gasteiger partial charge in [-0.3, -0.25) is 9.48 Å². The molecule has 30 heavy (non-hydrogen) atoms. The number of aromatic nitrogens is 3. The first-order chi connectivity index (χ1) is 14.8. The molecule has 0 bridgehead atoms. The number of carbonyl (C=O) groups excluding carboxylic acids is 1. The lowest BCUT2D eigenvalue weighted by Gasteiger charge is -2.24.